The third-order valence-corrected chi connectivity index (χ3v) is 3.46. The molecule has 2 heterocycles. The van der Waals surface area contributed by atoms with E-state index in [0.717, 1.165) is 10.6 Å². The maximum absolute atomic E-state index is 11.6. The van der Waals surface area contributed by atoms with E-state index in [1.165, 1.54) is 36.6 Å². The number of aromatic nitrogens is 3. The summed E-state index contributed by atoms with van der Waals surface area (Å²) in [5.74, 6) is 0.433. The van der Waals surface area contributed by atoms with Crippen LogP contribution < -0.4 is 5.32 Å². The Morgan fingerprint density at radius 2 is 2.41 bits per heavy atom. The van der Waals surface area contributed by atoms with Gasteiger partial charge in [-0.05, 0) is 12.8 Å². The quantitative estimate of drug-likeness (QED) is 0.891. The summed E-state index contributed by atoms with van der Waals surface area (Å²) in [5.41, 5.74) is 0.745. The average Bonchev–Trinajstić information content (AvgIpc) is 2.84. The van der Waals surface area contributed by atoms with Gasteiger partial charge in [-0.25, -0.2) is 0 Å². The van der Waals surface area contributed by atoms with Crippen molar-refractivity contribution in [2.75, 3.05) is 5.32 Å². The highest BCUT2D eigenvalue weighted by Crippen LogP contribution is 2.41. The first kappa shape index (κ1) is 10.4. The van der Waals surface area contributed by atoms with Crippen LogP contribution >= 0.6 is 11.3 Å². The van der Waals surface area contributed by atoms with Crippen molar-refractivity contribution in [2.45, 2.75) is 25.2 Å². The normalized spacial score (nSPS) is 14.8. The number of hydrogen-bond donors (Lipinski definition) is 1. The first-order chi connectivity index (χ1) is 8.31. The molecule has 2 aromatic rings. The maximum Gasteiger partial charge on any atom is 0.230 e. The lowest BCUT2D eigenvalue weighted by Gasteiger charge is -1.97. The van der Waals surface area contributed by atoms with Crippen LogP contribution in [0.1, 0.15) is 29.3 Å². The second kappa shape index (κ2) is 4.25. The molecular formula is C10H10N4O2S. The fraction of sp³-hybridized carbons (Fsp3) is 0.400. The van der Waals surface area contributed by atoms with E-state index >= 15 is 0 Å². The van der Waals surface area contributed by atoms with E-state index in [9.17, 15) is 4.79 Å². The topological polar surface area (TPSA) is 80.9 Å². The number of nitrogens with one attached hydrogen (secondary N) is 1. The number of rotatable bonds is 4. The van der Waals surface area contributed by atoms with Crippen LogP contribution in [-0.2, 0) is 11.2 Å². The number of nitrogens with zero attached hydrogens (tertiary/aromatic N) is 3. The molecule has 1 N–H and O–H groups in total. The van der Waals surface area contributed by atoms with Crippen LogP contribution in [0, 0.1) is 0 Å². The SMILES string of the molecule is O=C(Cc1cnoc1)Nc1nnc(C2CC2)s1. The van der Waals surface area contributed by atoms with Crippen LogP contribution in [0.2, 0.25) is 0 Å². The number of anilines is 1. The smallest absolute Gasteiger partial charge is 0.230 e. The molecule has 2 aromatic heterocycles. The van der Waals surface area contributed by atoms with Crippen molar-refractivity contribution in [2.24, 2.45) is 0 Å². The predicted octanol–water partition coefficient (Wildman–Crippen LogP) is 1.58. The Labute approximate surface area is 101 Å². The van der Waals surface area contributed by atoms with E-state index in [2.05, 4.69) is 25.2 Å². The van der Waals surface area contributed by atoms with Crippen LogP contribution in [0.4, 0.5) is 5.13 Å². The van der Waals surface area contributed by atoms with E-state index in [1.54, 1.807) is 0 Å². The fourth-order valence-electron chi connectivity index (χ4n) is 1.44. The molecule has 88 valence electrons. The van der Waals surface area contributed by atoms with Crippen molar-refractivity contribution in [3.8, 4) is 0 Å². The van der Waals surface area contributed by atoms with Gasteiger partial charge >= 0.3 is 0 Å². The number of hydrogen-bond acceptors (Lipinski definition) is 6. The molecule has 7 heteroatoms. The molecule has 0 radical (unpaired) electrons. The Morgan fingerprint density at radius 1 is 1.53 bits per heavy atom. The van der Waals surface area contributed by atoms with Crippen molar-refractivity contribution in [1.29, 1.82) is 0 Å². The summed E-state index contributed by atoms with van der Waals surface area (Å²) in [7, 11) is 0. The summed E-state index contributed by atoms with van der Waals surface area (Å²) in [4.78, 5) is 11.6. The fourth-order valence-corrected chi connectivity index (χ4v) is 2.37. The molecule has 0 atom stereocenters. The van der Waals surface area contributed by atoms with Crippen LogP contribution in [0.3, 0.4) is 0 Å². The average molecular weight is 250 g/mol. The molecule has 1 aliphatic carbocycles. The Bertz CT molecular complexity index is 518. The van der Waals surface area contributed by atoms with Gasteiger partial charge in [0.25, 0.3) is 0 Å². The van der Waals surface area contributed by atoms with Crippen molar-refractivity contribution < 1.29 is 9.32 Å². The molecule has 1 amide bonds. The molecule has 0 unspecified atom stereocenters. The van der Waals surface area contributed by atoms with E-state index in [4.69, 9.17) is 0 Å². The first-order valence-electron chi connectivity index (χ1n) is 5.33. The molecular weight excluding hydrogens is 240 g/mol. The Hall–Kier alpha value is -1.76. The zero-order chi connectivity index (χ0) is 11.7. The van der Waals surface area contributed by atoms with Crippen molar-refractivity contribution in [3.05, 3.63) is 23.0 Å². The highest BCUT2D eigenvalue weighted by Gasteiger charge is 2.27. The largest absolute Gasteiger partial charge is 0.364 e. The molecule has 17 heavy (non-hydrogen) atoms. The summed E-state index contributed by atoms with van der Waals surface area (Å²) in [5, 5.41) is 15.8. The Balaban J connectivity index is 1.59. The minimum Gasteiger partial charge on any atom is -0.364 e. The lowest BCUT2D eigenvalue weighted by atomic mass is 10.2. The second-order valence-electron chi connectivity index (χ2n) is 3.98. The predicted molar refractivity (Wildman–Crippen MR) is 60.7 cm³/mol. The lowest BCUT2D eigenvalue weighted by Crippen LogP contribution is -2.13. The summed E-state index contributed by atoms with van der Waals surface area (Å²) in [6, 6.07) is 0. The molecule has 1 saturated carbocycles. The zero-order valence-corrected chi connectivity index (χ0v) is 9.74. The van der Waals surface area contributed by atoms with Gasteiger partial charge in [0.05, 0.1) is 12.6 Å². The van der Waals surface area contributed by atoms with Gasteiger partial charge < -0.3 is 9.84 Å². The minimum atomic E-state index is -0.133. The molecule has 6 nitrogen and oxygen atoms in total. The van der Waals surface area contributed by atoms with Gasteiger partial charge in [0.1, 0.15) is 11.3 Å². The second-order valence-corrected chi connectivity index (χ2v) is 4.99. The van der Waals surface area contributed by atoms with Gasteiger partial charge in [-0.1, -0.05) is 16.5 Å². The van der Waals surface area contributed by atoms with Crippen LogP contribution in [0.5, 0.6) is 0 Å². The molecule has 0 aromatic carbocycles. The van der Waals surface area contributed by atoms with Crippen LogP contribution in [0.25, 0.3) is 0 Å². The van der Waals surface area contributed by atoms with Gasteiger partial charge in [0.15, 0.2) is 0 Å². The van der Waals surface area contributed by atoms with Gasteiger partial charge in [-0.2, -0.15) is 0 Å². The van der Waals surface area contributed by atoms with Crippen LogP contribution in [-0.4, -0.2) is 21.3 Å². The number of amides is 1. The van der Waals surface area contributed by atoms with Gasteiger partial charge in [-0.15, -0.1) is 10.2 Å². The summed E-state index contributed by atoms with van der Waals surface area (Å²) < 4.78 is 4.65. The zero-order valence-electron chi connectivity index (χ0n) is 8.92. The van der Waals surface area contributed by atoms with E-state index < -0.39 is 0 Å². The molecule has 0 spiro atoms. The summed E-state index contributed by atoms with van der Waals surface area (Å²) in [6.45, 7) is 0. The summed E-state index contributed by atoms with van der Waals surface area (Å²) >= 11 is 1.45. The Kier molecular flexibility index (Phi) is 2.60. The lowest BCUT2D eigenvalue weighted by molar-refractivity contribution is -0.115. The number of carbonyl (C=O) groups excluding carboxylic acids is 1. The molecule has 1 fully saturated rings. The van der Waals surface area contributed by atoms with Crippen LogP contribution in [0.15, 0.2) is 17.0 Å². The maximum atomic E-state index is 11.6. The number of carbonyl (C=O) groups is 1. The monoisotopic (exact) mass is 250 g/mol. The van der Waals surface area contributed by atoms with Gasteiger partial charge in [0.2, 0.25) is 11.0 Å². The molecule has 0 aliphatic heterocycles. The van der Waals surface area contributed by atoms with Gasteiger partial charge in [-0.3, -0.25) is 4.79 Å². The third-order valence-electron chi connectivity index (χ3n) is 2.46. The van der Waals surface area contributed by atoms with Gasteiger partial charge in [0, 0.05) is 11.5 Å². The van der Waals surface area contributed by atoms with Crippen molar-refractivity contribution in [1.82, 2.24) is 15.4 Å². The first-order valence-corrected chi connectivity index (χ1v) is 6.14. The van der Waals surface area contributed by atoms with Crippen molar-refractivity contribution in [3.63, 3.8) is 0 Å². The van der Waals surface area contributed by atoms with E-state index in [-0.39, 0.29) is 12.3 Å². The highest BCUT2D eigenvalue weighted by atomic mass is 32.1. The minimum absolute atomic E-state index is 0.133. The third kappa shape index (κ3) is 2.50. The molecule has 0 saturated heterocycles. The standard InChI is InChI=1S/C10H10N4O2S/c15-8(3-6-4-11-16-5-6)12-10-14-13-9(17-10)7-1-2-7/h4-5,7H,1-3H2,(H,12,14,15). The molecule has 3 rings (SSSR count). The van der Waals surface area contributed by atoms with E-state index in [0.29, 0.717) is 11.0 Å². The van der Waals surface area contributed by atoms with Crippen molar-refractivity contribution >= 4 is 22.4 Å². The summed E-state index contributed by atoms with van der Waals surface area (Å²) in [6.07, 6.45) is 5.58. The Morgan fingerprint density at radius 3 is 3.12 bits per heavy atom. The molecule has 0 bridgehead atoms. The molecule has 1 aliphatic rings. The van der Waals surface area contributed by atoms with E-state index in [1.807, 2.05) is 0 Å². The highest BCUT2D eigenvalue weighted by molar-refractivity contribution is 7.15.